The number of piperidine rings is 1. The molecule has 126 valence electrons. The van der Waals surface area contributed by atoms with Crippen LogP contribution >= 0.6 is 0 Å². The Morgan fingerprint density at radius 1 is 1.08 bits per heavy atom. The number of hydrogen-bond acceptors (Lipinski definition) is 4. The predicted molar refractivity (Wildman–Crippen MR) is 94.4 cm³/mol. The number of hydrogen-bond donors (Lipinski definition) is 0. The fraction of sp³-hybridized carbons (Fsp3) is 0.263. The van der Waals surface area contributed by atoms with Crippen LogP contribution in [0.1, 0.15) is 29.4 Å². The molecule has 2 aromatic heterocycles. The number of benzene rings is 1. The van der Waals surface area contributed by atoms with Crippen LogP contribution in [0.4, 0.5) is 0 Å². The molecular weight excluding hydrogens is 316 g/mol. The molecule has 6 nitrogen and oxygen atoms in total. The molecule has 3 aromatic rings. The van der Waals surface area contributed by atoms with Crippen molar-refractivity contribution in [1.29, 1.82) is 0 Å². The van der Waals surface area contributed by atoms with E-state index in [1.807, 2.05) is 18.2 Å². The third-order valence-electron chi connectivity index (χ3n) is 4.65. The van der Waals surface area contributed by atoms with Crippen LogP contribution < -0.4 is 5.56 Å². The van der Waals surface area contributed by atoms with Crippen LogP contribution in [0.25, 0.3) is 10.9 Å². The van der Waals surface area contributed by atoms with E-state index in [2.05, 4.69) is 9.97 Å². The summed E-state index contributed by atoms with van der Waals surface area (Å²) in [6.07, 6.45) is 4.92. The average molecular weight is 334 g/mol. The van der Waals surface area contributed by atoms with Gasteiger partial charge in [-0.05, 0) is 37.1 Å². The molecule has 1 fully saturated rings. The van der Waals surface area contributed by atoms with Crippen LogP contribution in [0.5, 0.6) is 0 Å². The van der Waals surface area contributed by atoms with Crippen molar-refractivity contribution in [1.82, 2.24) is 19.4 Å². The molecule has 0 unspecified atom stereocenters. The SMILES string of the molecule is O=C(c1ccccn1)N1CCC[C@H](n2cnc3ccccc3c2=O)C1. The van der Waals surface area contributed by atoms with Crippen molar-refractivity contribution in [2.45, 2.75) is 18.9 Å². The van der Waals surface area contributed by atoms with Crippen molar-refractivity contribution in [2.24, 2.45) is 0 Å². The summed E-state index contributed by atoms with van der Waals surface area (Å²) < 4.78 is 1.67. The highest BCUT2D eigenvalue weighted by atomic mass is 16.2. The zero-order valence-corrected chi connectivity index (χ0v) is 13.7. The Morgan fingerprint density at radius 2 is 1.92 bits per heavy atom. The lowest BCUT2D eigenvalue weighted by atomic mass is 10.0. The number of carbonyl (C=O) groups excluding carboxylic acids is 1. The van der Waals surface area contributed by atoms with E-state index in [1.54, 1.807) is 46.3 Å². The van der Waals surface area contributed by atoms with Gasteiger partial charge >= 0.3 is 0 Å². The summed E-state index contributed by atoms with van der Waals surface area (Å²) in [6.45, 7) is 1.18. The summed E-state index contributed by atoms with van der Waals surface area (Å²) in [6, 6.07) is 12.6. The summed E-state index contributed by atoms with van der Waals surface area (Å²) >= 11 is 0. The molecule has 0 aliphatic carbocycles. The smallest absolute Gasteiger partial charge is 0.272 e. The van der Waals surface area contributed by atoms with E-state index in [4.69, 9.17) is 0 Å². The minimum atomic E-state index is -0.0907. The Hall–Kier alpha value is -3.02. The molecule has 4 rings (SSSR count). The van der Waals surface area contributed by atoms with Crippen LogP contribution in [0.2, 0.25) is 0 Å². The van der Waals surface area contributed by atoms with E-state index in [9.17, 15) is 9.59 Å². The topological polar surface area (TPSA) is 68.1 Å². The van der Waals surface area contributed by atoms with Crippen molar-refractivity contribution >= 4 is 16.8 Å². The van der Waals surface area contributed by atoms with Gasteiger partial charge < -0.3 is 4.90 Å². The molecule has 1 saturated heterocycles. The fourth-order valence-corrected chi connectivity index (χ4v) is 3.36. The van der Waals surface area contributed by atoms with Gasteiger partial charge in [0.2, 0.25) is 0 Å². The molecule has 1 amide bonds. The summed E-state index contributed by atoms with van der Waals surface area (Å²) in [4.78, 5) is 35.7. The number of aromatic nitrogens is 3. The number of para-hydroxylation sites is 1. The van der Waals surface area contributed by atoms with E-state index in [0.29, 0.717) is 29.7 Å². The van der Waals surface area contributed by atoms with Crippen LogP contribution in [-0.4, -0.2) is 38.4 Å². The molecular formula is C19H18N4O2. The summed E-state index contributed by atoms with van der Waals surface area (Å²) in [5.41, 5.74) is 1.08. The van der Waals surface area contributed by atoms with Gasteiger partial charge in [0.1, 0.15) is 5.69 Å². The van der Waals surface area contributed by atoms with Gasteiger partial charge in [0.05, 0.1) is 23.3 Å². The van der Waals surface area contributed by atoms with Crippen molar-refractivity contribution in [3.05, 3.63) is 71.0 Å². The molecule has 6 heteroatoms. The van der Waals surface area contributed by atoms with Crippen molar-refractivity contribution in [3.63, 3.8) is 0 Å². The molecule has 0 bridgehead atoms. The predicted octanol–water partition coefficient (Wildman–Crippen LogP) is 2.27. The molecule has 0 radical (unpaired) electrons. The van der Waals surface area contributed by atoms with E-state index in [0.717, 1.165) is 12.8 Å². The van der Waals surface area contributed by atoms with Crippen LogP contribution in [0, 0.1) is 0 Å². The molecule has 1 aliphatic heterocycles. The number of nitrogens with zero attached hydrogens (tertiary/aromatic N) is 4. The van der Waals surface area contributed by atoms with Gasteiger partial charge in [-0.15, -0.1) is 0 Å². The van der Waals surface area contributed by atoms with Crippen molar-refractivity contribution in [2.75, 3.05) is 13.1 Å². The molecule has 0 saturated carbocycles. The van der Waals surface area contributed by atoms with Gasteiger partial charge in [-0.2, -0.15) is 0 Å². The summed E-state index contributed by atoms with van der Waals surface area (Å²) in [5.74, 6) is -0.0907. The van der Waals surface area contributed by atoms with Gasteiger partial charge in [0, 0.05) is 19.3 Å². The molecule has 0 N–H and O–H groups in total. The molecule has 3 heterocycles. The number of amides is 1. The lowest BCUT2D eigenvalue weighted by Gasteiger charge is -2.33. The minimum Gasteiger partial charge on any atom is -0.335 e. The van der Waals surface area contributed by atoms with E-state index in [-0.39, 0.29) is 17.5 Å². The van der Waals surface area contributed by atoms with Crippen molar-refractivity contribution in [3.8, 4) is 0 Å². The maximum atomic E-state index is 12.8. The maximum absolute atomic E-state index is 12.8. The van der Waals surface area contributed by atoms with Crippen LogP contribution in [-0.2, 0) is 0 Å². The first kappa shape index (κ1) is 15.5. The first-order chi connectivity index (χ1) is 12.2. The number of carbonyl (C=O) groups is 1. The summed E-state index contributed by atoms with van der Waals surface area (Å²) in [7, 11) is 0. The van der Waals surface area contributed by atoms with E-state index in [1.165, 1.54) is 0 Å². The second kappa shape index (κ2) is 6.47. The van der Waals surface area contributed by atoms with Gasteiger partial charge in [0.15, 0.2) is 0 Å². The van der Waals surface area contributed by atoms with Crippen molar-refractivity contribution < 1.29 is 4.79 Å². The van der Waals surface area contributed by atoms with E-state index < -0.39 is 0 Å². The second-order valence-corrected chi connectivity index (χ2v) is 6.24. The lowest BCUT2D eigenvalue weighted by Crippen LogP contribution is -2.43. The largest absolute Gasteiger partial charge is 0.335 e. The molecule has 1 aromatic carbocycles. The second-order valence-electron chi connectivity index (χ2n) is 6.24. The first-order valence-electron chi connectivity index (χ1n) is 8.40. The highest BCUT2D eigenvalue weighted by Crippen LogP contribution is 2.22. The van der Waals surface area contributed by atoms with Gasteiger partial charge in [-0.25, -0.2) is 4.98 Å². The van der Waals surface area contributed by atoms with Crippen LogP contribution in [0.15, 0.2) is 59.8 Å². The number of rotatable bonds is 2. The monoisotopic (exact) mass is 334 g/mol. The average Bonchev–Trinajstić information content (AvgIpc) is 2.69. The molecule has 25 heavy (non-hydrogen) atoms. The minimum absolute atomic E-state index is 0.0530. The maximum Gasteiger partial charge on any atom is 0.272 e. The van der Waals surface area contributed by atoms with Crippen LogP contribution in [0.3, 0.4) is 0 Å². The van der Waals surface area contributed by atoms with Gasteiger partial charge in [-0.3, -0.25) is 19.1 Å². The number of likely N-dealkylation sites (tertiary alicyclic amines) is 1. The Kier molecular flexibility index (Phi) is 4.01. The van der Waals surface area contributed by atoms with Gasteiger partial charge in [0.25, 0.3) is 11.5 Å². The van der Waals surface area contributed by atoms with Gasteiger partial charge in [-0.1, -0.05) is 18.2 Å². The zero-order chi connectivity index (χ0) is 17.2. The third-order valence-corrected chi connectivity index (χ3v) is 4.65. The zero-order valence-electron chi connectivity index (χ0n) is 13.7. The Labute approximate surface area is 144 Å². The fourth-order valence-electron chi connectivity index (χ4n) is 3.36. The van der Waals surface area contributed by atoms with E-state index >= 15 is 0 Å². The first-order valence-corrected chi connectivity index (χ1v) is 8.40. The highest BCUT2D eigenvalue weighted by Gasteiger charge is 2.27. The standard InChI is InChI=1S/C19H18N4O2/c24-18-15-7-1-2-8-16(15)21-13-23(18)14-6-5-11-22(12-14)19(25)17-9-3-4-10-20-17/h1-4,7-10,13-14H,5-6,11-12H2/t14-/m0/s1. The Bertz CT molecular complexity index is 968. The quantitative estimate of drug-likeness (QED) is 0.721. The number of pyridine rings is 1. The highest BCUT2D eigenvalue weighted by molar-refractivity contribution is 5.92. The Balaban J connectivity index is 1.63. The number of fused-ring (bicyclic) bond motifs is 1. The Morgan fingerprint density at radius 3 is 2.76 bits per heavy atom. The molecule has 1 aliphatic rings. The normalized spacial score (nSPS) is 17.6. The molecule has 0 spiro atoms. The third kappa shape index (κ3) is 2.91. The molecule has 1 atom stereocenters. The summed E-state index contributed by atoms with van der Waals surface area (Å²) in [5, 5.41) is 0.609. The lowest BCUT2D eigenvalue weighted by molar-refractivity contribution is 0.0671.